The summed E-state index contributed by atoms with van der Waals surface area (Å²) in [7, 11) is 4.89. The normalized spacial score (nSPS) is 17.1. The largest absolute Gasteiger partial charge is 0.494 e. The van der Waals surface area contributed by atoms with Crippen LogP contribution in [0, 0.1) is 5.41 Å². The fourth-order valence-electron chi connectivity index (χ4n) is 5.29. The van der Waals surface area contributed by atoms with Crippen LogP contribution in [0.4, 0.5) is 22.7 Å². The number of methoxy groups -OCH3 is 1. The van der Waals surface area contributed by atoms with Crippen molar-refractivity contribution in [2.75, 3.05) is 62.5 Å². The van der Waals surface area contributed by atoms with Crippen LogP contribution in [-0.2, 0) is 0 Å². The molecule has 35 heavy (non-hydrogen) atoms. The van der Waals surface area contributed by atoms with Gasteiger partial charge in [-0.15, -0.1) is 0 Å². The lowest BCUT2D eigenvalue weighted by molar-refractivity contribution is 0.0494. The van der Waals surface area contributed by atoms with Gasteiger partial charge in [0.05, 0.1) is 24.0 Å². The van der Waals surface area contributed by atoms with Crippen molar-refractivity contribution in [2.45, 2.75) is 25.8 Å². The van der Waals surface area contributed by atoms with Crippen LogP contribution in [0.1, 0.15) is 44.1 Å². The van der Waals surface area contributed by atoms with Gasteiger partial charge in [-0.2, -0.15) is 0 Å². The second-order valence-electron chi connectivity index (χ2n) is 9.39. The van der Waals surface area contributed by atoms with Gasteiger partial charge in [0.25, 0.3) is 5.91 Å². The number of nitrogens with one attached hydrogen (secondary N) is 2. The Balaban J connectivity index is 0.00000241. The van der Waals surface area contributed by atoms with E-state index in [1.165, 1.54) is 20.0 Å². The van der Waals surface area contributed by atoms with Gasteiger partial charge in [0.15, 0.2) is 0 Å². The van der Waals surface area contributed by atoms with Crippen molar-refractivity contribution in [1.82, 2.24) is 5.32 Å². The van der Waals surface area contributed by atoms with Gasteiger partial charge in [-0.3, -0.25) is 14.8 Å². The molecule has 1 saturated carbocycles. The third-order valence-electron chi connectivity index (χ3n) is 6.93. The first-order valence-corrected chi connectivity index (χ1v) is 11.9. The number of rotatable bonds is 8. The number of nitrogens with two attached hydrogens (primary N) is 2. The minimum Gasteiger partial charge on any atom is -0.494 e. The topological polar surface area (TPSA) is 130 Å². The van der Waals surface area contributed by atoms with Gasteiger partial charge in [-0.05, 0) is 37.6 Å². The number of carbonyl (C=O) groups is 1. The third kappa shape index (κ3) is 4.68. The Hall–Kier alpha value is -3.59. The second kappa shape index (κ2) is 9.95. The lowest BCUT2D eigenvalue weighted by Crippen LogP contribution is -2.66. The summed E-state index contributed by atoms with van der Waals surface area (Å²) >= 11 is 0. The molecule has 4 rings (SSSR count). The molecular formula is C26H39N7O2. The van der Waals surface area contributed by atoms with Crippen LogP contribution in [0.2, 0.25) is 0 Å². The predicted molar refractivity (Wildman–Crippen MR) is 149 cm³/mol. The van der Waals surface area contributed by atoms with Crippen LogP contribution in [0.3, 0.4) is 0 Å². The Morgan fingerprint density at radius 2 is 1.94 bits per heavy atom. The predicted octanol–water partition coefficient (Wildman–Crippen LogP) is 3.28. The molecule has 1 spiro atoms. The average molecular weight is 482 g/mol. The number of carbonyl (C=O) groups excluding carboxylic acids is 1. The average Bonchev–Trinajstić information content (AvgIpc) is 2.78. The number of nitrogens with zero attached hydrogens (tertiary/aromatic N) is 3. The maximum atomic E-state index is 13.3. The Bertz CT molecular complexity index is 1170. The number of nitrogen functional groups attached to an aromatic ring is 2. The zero-order chi connectivity index (χ0) is 25.2. The van der Waals surface area contributed by atoms with Crippen LogP contribution >= 0.6 is 0 Å². The highest BCUT2D eigenvalue weighted by Gasteiger charge is 2.52. The Kier molecular flexibility index (Phi) is 6.98. The standard InChI is InChI=1S/C26H35N7O2.2H2/c1-5-31-17-10-26(11-17)14-33(15-26)22-7-6-18(24(28)19(22)13-30-3)25(34)32-21-8-16(12-29-2)20(27)9-23(21)35-4;;/h6-9,12-13,17,31H,5,10-11,14-15,27-28H2,1-4H3,(H,32,34);2*1H. The molecule has 6 N–H and O–H groups in total. The van der Waals surface area contributed by atoms with Crippen molar-refractivity contribution in [3.63, 3.8) is 0 Å². The van der Waals surface area contributed by atoms with Gasteiger partial charge in [0.2, 0.25) is 0 Å². The molecule has 0 atom stereocenters. The van der Waals surface area contributed by atoms with E-state index < -0.39 is 0 Å². The first-order valence-electron chi connectivity index (χ1n) is 11.9. The van der Waals surface area contributed by atoms with Crippen molar-refractivity contribution in [3.8, 4) is 5.75 Å². The fraction of sp³-hybridized carbons (Fsp3) is 0.423. The zero-order valence-electron chi connectivity index (χ0n) is 20.9. The maximum Gasteiger partial charge on any atom is 0.257 e. The number of ether oxygens (including phenoxy) is 1. The molecule has 0 aromatic heterocycles. The molecule has 1 heterocycles. The molecule has 0 radical (unpaired) electrons. The molecule has 0 bridgehead atoms. The lowest BCUT2D eigenvalue weighted by Gasteiger charge is -2.60. The third-order valence-corrected chi connectivity index (χ3v) is 6.93. The smallest absolute Gasteiger partial charge is 0.257 e. The van der Waals surface area contributed by atoms with Crippen molar-refractivity contribution in [1.29, 1.82) is 0 Å². The summed E-state index contributed by atoms with van der Waals surface area (Å²) in [5, 5.41) is 6.45. The van der Waals surface area contributed by atoms with E-state index in [2.05, 4.69) is 32.4 Å². The van der Waals surface area contributed by atoms with Crippen LogP contribution < -0.4 is 31.7 Å². The van der Waals surface area contributed by atoms with E-state index in [1.54, 1.807) is 44.7 Å². The molecule has 9 heteroatoms. The Morgan fingerprint density at radius 1 is 1.23 bits per heavy atom. The lowest BCUT2D eigenvalue weighted by atomic mass is 9.60. The first kappa shape index (κ1) is 24.5. The minimum atomic E-state index is -0.338. The molecule has 2 aromatic carbocycles. The van der Waals surface area contributed by atoms with Gasteiger partial charge >= 0.3 is 0 Å². The van der Waals surface area contributed by atoms with E-state index in [-0.39, 0.29) is 8.76 Å². The molecule has 2 fully saturated rings. The quantitative estimate of drug-likeness (QED) is 0.338. The van der Waals surface area contributed by atoms with E-state index in [0.717, 1.165) is 30.9 Å². The van der Waals surface area contributed by atoms with Gasteiger partial charge < -0.3 is 31.7 Å². The minimum absolute atomic E-state index is 0. The van der Waals surface area contributed by atoms with E-state index in [1.807, 2.05) is 6.07 Å². The molecular weight excluding hydrogens is 442 g/mol. The van der Waals surface area contributed by atoms with Crippen LogP contribution in [-0.4, -0.2) is 65.2 Å². The van der Waals surface area contributed by atoms with E-state index in [0.29, 0.717) is 45.4 Å². The number of anilines is 4. The Labute approximate surface area is 209 Å². The molecule has 2 aromatic rings. The van der Waals surface area contributed by atoms with Crippen molar-refractivity contribution in [3.05, 3.63) is 41.0 Å². The molecule has 0 unspecified atom stereocenters. The summed E-state index contributed by atoms with van der Waals surface area (Å²) in [6.07, 6.45) is 5.78. The number of benzene rings is 2. The van der Waals surface area contributed by atoms with Gasteiger partial charge in [0, 0.05) is 82.5 Å². The highest BCUT2D eigenvalue weighted by Crippen LogP contribution is 2.50. The van der Waals surface area contributed by atoms with E-state index in [9.17, 15) is 4.79 Å². The monoisotopic (exact) mass is 481 g/mol. The van der Waals surface area contributed by atoms with Crippen LogP contribution in [0.5, 0.6) is 5.75 Å². The summed E-state index contributed by atoms with van der Waals surface area (Å²) in [6.45, 7) is 5.15. The molecule has 190 valence electrons. The zero-order valence-corrected chi connectivity index (χ0v) is 20.9. The van der Waals surface area contributed by atoms with Crippen molar-refractivity contribution in [2.24, 2.45) is 15.4 Å². The molecule has 1 amide bonds. The summed E-state index contributed by atoms with van der Waals surface area (Å²) in [5.74, 6) is 0.117. The molecule has 9 nitrogen and oxygen atoms in total. The summed E-state index contributed by atoms with van der Waals surface area (Å²) in [4.78, 5) is 23.8. The van der Waals surface area contributed by atoms with Gasteiger partial charge in [0.1, 0.15) is 5.75 Å². The van der Waals surface area contributed by atoms with E-state index >= 15 is 0 Å². The summed E-state index contributed by atoms with van der Waals surface area (Å²) in [6, 6.07) is 7.76. The molecule has 1 aliphatic carbocycles. The summed E-state index contributed by atoms with van der Waals surface area (Å²) < 4.78 is 5.42. The van der Waals surface area contributed by atoms with Gasteiger partial charge in [-0.25, -0.2) is 0 Å². The number of aliphatic imine (C=N–C) groups is 2. The number of amides is 1. The number of hydrogen-bond acceptors (Lipinski definition) is 8. The van der Waals surface area contributed by atoms with E-state index in [4.69, 9.17) is 16.2 Å². The summed E-state index contributed by atoms with van der Waals surface area (Å²) in [5.41, 5.74) is 17.2. The number of hydrogen-bond donors (Lipinski definition) is 4. The van der Waals surface area contributed by atoms with Crippen LogP contribution in [0.25, 0.3) is 0 Å². The first-order chi connectivity index (χ1) is 16.8. The van der Waals surface area contributed by atoms with Crippen molar-refractivity contribution >= 4 is 41.1 Å². The highest BCUT2D eigenvalue weighted by molar-refractivity contribution is 6.12. The SMILES string of the molecule is CCNC1CC2(C1)CN(c1ccc(C(=O)Nc3cc(C=NC)c(N)cc3OC)c(N)c1C=NC)C2.[HH].[HH]. The maximum absolute atomic E-state index is 13.3. The fourth-order valence-corrected chi connectivity index (χ4v) is 5.29. The second-order valence-corrected chi connectivity index (χ2v) is 9.39. The van der Waals surface area contributed by atoms with Gasteiger partial charge in [-0.1, -0.05) is 6.92 Å². The Morgan fingerprint density at radius 3 is 2.57 bits per heavy atom. The molecule has 1 saturated heterocycles. The molecule has 1 aliphatic heterocycles. The highest BCUT2D eigenvalue weighted by atomic mass is 16.5. The van der Waals surface area contributed by atoms with Crippen LogP contribution in [0.15, 0.2) is 34.3 Å². The molecule has 2 aliphatic rings. The van der Waals surface area contributed by atoms with Crippen molar-refractivity contribution < 1.29 is 12.4 Å².